The number of aryl methyl sites for hydroxylation is 1. The van der Waals surface area contributed by atoms with Crippen LogP contribution in [-0.2, 0) is 0 Å². The fourth-order valence-corrected chi connectivity index (χ4v) is 1.48. The molecule has 0 aliphatic rings. The predicted octanol–water partition coefficient (Wildman–Crippen LogP) is 4.27. The summed E-state index contributed by atoms with van der Waals surface area (Å²) in [7, 11) is 0. The van der Waals surface area contributed by atoms with Gasteiger partial charge >= 0.3 is 6.16 Å². The smallest absolute Gasteiger partial charge is 0.395 e. The molecule has 2 rings (SSSR count). The number of carbonyl (C=O) groups is 1. The molecule has 0 aromatic heterocycles. The molecule has 0 aliphatic carbocycles. The minimum atomic E-state index is -2.35. The Morgan fingerprint density at radius 3 is 1.73 bits per heavy atom. The van der Waals surface area contributed by atoms with Gasteiger partial charge in [-0.2, -0.15) is 8.78 Å². The Morgan fingerprint density at radius 1 is 0.773 bits per heavy atom. The fourth-order valence-electron chi connectivity index (χ4n) is 1.48. The third-order valence-corrected chi connectivity index (χ3v) is 2.58. The van der Waals surface area contributed by atoms with Crippen molar-refractivity contribution in [3.05, 3.63) is 58.9 Å². The molecule has 0 atom stereocenters. The van der Waals surface area contributed by atoms with Crippen LogP contribution in [0.3, 0.4) is 0 Å². The first-order chi connectivity index (χ1) is 10.3. The molecule has 0 saturated heterocycles. The zero-order valence-corrected chi connectivity index (χ0v) is 10.9. The molecule has 0 saturated carbocycles. The van der Waals surface area contributed by atoms with Gasteiger partial charge in [0.1, 0.15) is 5.75 Å². The molecule has 8 heteroatoms. The third kappa shape index (κ3) is 3.00. The molecule has 0 heterocycles. The van der Waals surface area contributed by atoms with E-state index >= 15 is 0 Å². The second kappa shape index (κ2) is 6.00. The highest BCUT2D eigenvalue weighted by Crippen LogP contribution is 2.29. The van der Waals surface area contributed by atoms with E-state index in [0.717, 1.165) is 5.56 Å². The van der Waals surface area contributed by atoms with Crippen LogP contribution in [0.2, 0.25) is 0 Å². The van der Waals surface area contributed by atoms with Crippen molar-refractivity contribution in [2.45, 2.75) is 6.92 Å². The zero-order chi connectivity index (χ0) is 16.4. The lowest BCUT2D eigenvalue weighted by molar-refractivity contribution is 0.146. The number of hydrogen-bond acceptors (Lipinski definition) is 3. The quantitative estimate of drug-likeness (QED) is 0.273. The van der Waals surface area contributed by atoms with Crippen LogP contribution in [-0.4, -0.2) is 6.16 Å². The Balaban J connectivity index is 2.24. The molecule has 22 heavy (non-hydrogen) atoms. The van der Waals surface area contributed by atoms with Crippen molar-refractivity contribution in [1.29, 1.82) is 0 Å². The number of ether oxygens (including phenoxy) is 2. The van der Waals surface area contributed by atoms with Gasteiger partial charge in [0.15, 0.2) is 0 Å². The minimum absolute atomic E-state index is 0.0283. The SMILES string of the molecule is Cc1ccc(OC(=O)Oc2c(F)c(F)c(F)c(F)c2F)cc1. The van der Waals surface area contributed by atoms with Gasteiger partial charge in [0.2, 0.25) is 34.8 Å². The fraction of sp³-hybridized carbons (Fsp3) is 0.0714. The lowest BCUT2D eigenvalue weighted by atomic mass is 10.2. The van der Waals surface area contributed by atoms with Gasteiger partial charge in [0, 0.05) is 0 Å². The molecule has 0 radical (unpaired) electrons. The molecular formula is C14H7F5O3. The Morgan fingerprint density at radius 2 is 1.23 bits per heavy atom. The van der Waals surface area contributed by atoms with Crippen molar-refractivity contribution < 1.29 is 36.2 Å². The van der Waals surface area contributed by atoms with Gasteiger partial charge in [-0.3, -0.25) is 0 Å². The molecule has 0 aliphatic heterocycles. The van der Waals surface area contributed by atoms with E-state index in [0.29, 0.717) is 0 Å². The van der Waals surface area contributed by atoms with Gasteiger partial charge in [0.25, 0.3) is 0 Å². The van der Waals surface area contributed by atoms with Crippen molar-refractivity contribution in [1.82, 2.24) is 0 Å². The largest absolute Gasteiger partial charge is 0.519 e. The summed E-state index contributed by atoms with van der Waals surface area (Å²) in [5.74, 6) is -13.1. The molecule has 0 unspecified atom stereocenters. The predicted molar refractivity (Wildman–Crippen MR) is 64.1 cm³/mol. The van der Waals surface area contributed by atoms with Crippen molar-refractivity contribution in [3.8, 4) is 11.5 Å². The lowest BCUT2D eigenvalue weighted by Gasteiger charge is -2.09. The molecule has 2 aromatic carbocycles. The Bertz CT molecular complexity index is 699. The van der Waals surface area contributed by atoms with Gasteiger partial charge in [-0.05, 0) is 19.1 Å². The van der Waals surface area contributed by atoms with Crippen LogP contribution in [0.5, 0.6) is 11.5 Å². The van der Waals surface area contributed by atoms with Crippen LogP contribution >= 0.6 is 0 Å². The molecular weight excluding hydrogens is 311 g/mol. The molecule has 0 spiro atoms. The van der Waals surface area contributed by atoms with E-state index in [2.05, 4.69) is 9.47 Å². The maximum atomic E-state index is 13.3. The molecule has 3 nitrogen and oxygen atoms in total. The van der Waals surface area contributed by atoms with Crippen LogP contribution in [0, 0.1) is 36.0 Å². The first kappa shape index (κ1) is 15.7. The standard InChI is InChI=1S/C14H7F5O3/c1-6-2-4-7(5-3-6)21-14(20)22-13-11(18)9(16)8(15)10(17)12(13)19/h2-5H,1H3. The molecule has 2 aromatic rings. The van der Waals surface area contributed by atoms with E-state index < -0.39 is 41.0 Å². The van der Waals surface area contributed by atoms with Gasteiger partial charge in [0.05, 0.1) is 0 Å². The average molecular weight is 318 g/mol. The Kier molecular flexibility index (Phi) is 4.30. The Hall–Kier alpha value is -2.64. The second-order valence-corrected chi connectivity index (χ2v) is 4.17. The minimum Gasteiger partial charge on any atom is -0.395 e. The number of carbonyl (C=O) groups excluding carboxylic acids is 1. The number of rotatable bonds is 2. The molecule has 0 N–H and O–H groups in total. The lowest BCUT2D eigenvalue weighted by Crippen LogP contribution is -2.17. The van der Waals surface area contributed by atoms with E-state index in [1.807, 2.05) is 0 Å². The maximum Gasteiger partial charge on any atom is 0.519 e. The van der Waals surface area contributed by atoms with E-state index in [-0.39, 0.29) is 5.75 Å². The molecule has 0 bridgehead atoms. The highest BCUT2D eigenvalue weighted by atomic mass is 19.2. The first-order valence-corrected chi connectivity index (χ1v) is 5.79. The number of halogens is 5. The van der Waals surface area contributed by atoms with Crippen molar-refractivity contribution in [2.75, 3.05) is 0 Å². The highest BCUT2D eigenvalue weighted by Gasteiger charge is 2.29. The van der Waals surface area contributed by atoms with Gasteiger partial charge < -0.3 is 9.47 Å². The summed E-state index contributed by atoms with van der Waals surface area (Å²) in [4.78, 5) is 11.4. The summed E-state index contributed by atoms with van der Waals surface area (Å²) in [5.41, 5.74) is 0.848. The monoisotopic (exact) mass is 318 g/mol. The zero-order valence-electron chi connectivity index (χ0n) is 10.9. The van der Waals surface area contributed by atoms with Crippen LogP contribution in [0.15, 0.2) is 24.3 Å². The van der Waals surface area contributed by atoms with E-state index in [4.69, 9.17) is 0 Å². The first-order valence-electron chi connectivity index (χ1n) is 5.79. The van der Waals surface area contributed by atoms with Crippen molar-refractivity contribution in [3.63, 3.8) is 0 Å². The number of benzene rings is 2. The molecule has 116 valence electrons. The topological polar surface area (TPSA) is 35.5 Å². The van der Waals surface area contributed by atoms with E-state index in [1.165, 1.54) is 12.1 Å². The van der Waals surface area contributed by atoms with E-state index in [9.17, 15) is 26.7 Å². The van der Waals surface area contributed by atoms with Gasteiger partial charge in [-0.1, -0.05) is 17.7 Å². The van der Waals surface area contributed by atoms with Crippen LogP contribution in [0.4, 0.5) is 26.7 Å². The van der Waals surface area contributed by atoms with Crippen LogP contribution in [0.1, 0.15) is 5.56 Å². The van der Waals surface area contributed by atoms with Crippen LogP contribution in [0.25, 0.3) is 0 Å². The van der Waals surface area contributed by atoms with E-state index in [1.54, 1.807) is 19.1 Å². The third-order valence-electron chi connectivity index (χ3n) is 2.58. The Labute approximate surface area is 120 Å². The number of hydrogen-bond donors (Lipinski definition) is 0. The summed E-state index contributed by atoms with van der Waals surface area (Å²) in [6, 6.07) is 5.85. The van der Waals surface area contributed by atoms with Gasteiger partial charge in [-0.15, -0.1) is 0 Å². The molecule has 0 fully saturated rings. The average Bonchev–Trinajstić information content (AvgIpc) is 2.50. The summed E-state index contributed by atoms with van der Waals surface area (Å²) in [5, 5.41) is 0. The summed E-state index contributed by atoms with van der Waals surface area (Å²) < 4.78 is 73.9. The van der Waals surface area contributed by atoms with Crippen molar-refractivity contribution in [2.24, 2.45) is 0 Å². The highest BCUT2D eigenvalue weighted by molar-refractivity contribution is 5.67. The molecule has 0 amide bonds. The normalized spacial score (nSPS) is 10.5. The summed E-state index contributed by atoms with van der Waals surface area (Å²) in [6.07, 6.45) is -1.65. The van der Waals surface area contributed by atoms with Crippen molar-refractivity contribution >= 4 is 6.16 Å². The summed E-state index contributed by atoms with van der Waals surface area (Å²) in [6.45, 7) is 1.76. The second-order valence-electron chi connectivity index (χ2n) is 4.17. The van der Waals surface area contributed by atoms with Gasteiger partial charge in [-0.25, -0.2) is 18.0 Å². The summed E-state index contributed by atoms with van der Waals surface area (Å²) >= 11 is 0. The maximum absolute atomic E-state index is 13.3. The van der Waals surface area contributed by atoms with Crippen LogP contribution < -0.4 is 9.47 Å².